The van der Waals surface area contributed by atoms with Crippen LogP contribution in [-0.2, 0) is 4.79 Å². The Morgan fingerprint density at radius 2 is 2.05 bits per heavy atom. The van der Waals surface area contributed by atoms with Gasteiger partial charge in [0.15, 0.2) is 12.4 Å². The molecule has 0 atom stereocenters. The van der Waals surface area contributed by atoms with E-state index in [9.17, 15) is 9.59 Å². The molecule has 102 valence electrons. The van der Waals surface area contributed by atoms with E-state index in [1.54, 1.807) is 35.7 Å². The minimum atomic E-state index is -1.05. The van der Waals surface area contributed by atoms with Crippen LogP contribution in [0.4, 0.5) is 0 Å². The topological polar surface area (TPSA) is 89.4 Å². The van der Waals surface area contributed by atoms with Crippen LogP contribution in [-0.4, -0.2) is 33.1 Å². The molecular formula is C13H10N2O4S. The molecule has 6 nitrogen and oxygen atoms in total. The maximum absolute atomic E-state index is 11.9. The van der Waals surface area contributed by atoms with Gasteiger partial charge in [0.05, 0.1) is 5.69 Å². The smallest absolute Gasteiger partial charge is 0.341 e. The first kappa shape index (κ1) is 13.9. The highest BCUT2D eigenvalue weighted by atomic mass is 32.1. The molecule has 0 unspecified atom stereocenters. The summed E-state index contributed by atoms with van der Waals surface area (Å²) in [5.41, 5.74) is 1.11. The van der Waals surface area contributed by atoms with E-state index in [0.29, 0.717) is 17.0 Å². The molecule has 0 fully saturated rings. The van der Waals surface area contributed by atoms with E-state index in [-0.39, 0.29) is 5.78 Å². The van der Waals surface area contributed by atoms with E-state index < -0.39 is 12.6 Å². The maximum atomic E-state index is 11.9. The Hall–Kier alpha value is -2.54. The van der Waals surface area contributed by atoms with Gasteiger partial charge in [0.1, 0.15) is 5.75 Å². The normalized spacial score (nSPS) is 10.6. The summed E-state index contributed by atoms with van der Waals surface area (Å²) in [6.45, 7) is -0.413. The predicted octanol–water partition coefficient (Wildman–Crippen LogP) is 1.90. The lowest BCUT2D eigenvalue weighted by molar-refractivity contribution is -0.139. The average molecular weight is 290 g/mol. The van der Waals surface area contributed by atoms with E-state index in [1.165, 1.54) is 17.6 Å². The number of nitrogens with zero attached hydrogens (tertiary/aromatic N) is 2. The largest absolute Gasteiger partial charge is 0.482 e. The first-order valence-electron chi connectivity index (χ1n) is 5.59. The number of carbonyl (C=O) groups is 2. The number of carboxylic acids is 1. The molecule has 0 aliphatic rings. The number of carbonyl (C=O) groups excluding carboxylic acids is 1. The van der Waals surface area contributed by atoms with E-state index in [1.807, 2.05) is 0 Å². The Morgan fingerprint density at radius 3 is 2.65 bits per heavy atom. The van der Waals surface area contributed by atoms with Gasteiger partial charge in [-0.1, -0.05) is 4.49 Å². The molecule has 0 aliphatic carbocycles. The molecule has 7 heteroatoms. The van der Waals surface area contributed by atoms with E-state index in [4.69, 9.17) is 9.84 Å². The summed E-state index contributed by atoms with van der Waals surface area (Å²) in [7, 11) is 0. The molecule has 1 heterocycles. The third kappa shape index (κ3) is 3.99. The number of carboxylic acid groups (broad SMARTS) is 1. The third-order valence-electron chi connectivity index (χ3n) is 2.28. The van der Waals surface area contributed by atoms with Crippen LogP contribution < -0.4 is 4.74 Å². The lowest BCUT2D eigenvalue weighted by atomic mass is 10.1. The van der Waals surface area contributed by atoms with Crippen molar-refractivity contribution in [2.45, 2.75) is 0 Å². The number of allylic oxidation sites excluding steroid dienone is 1. The zero-order valence-corrected chi connectivity index (χ0v) is 11.0. The van der Waals surface area contributed by atoms with Crippen molar-refractivity contribution in [1.82, 2.24) is 9.59 Å². The first-order valence-corrected chi connectivity index (χ1v) is 6.43. The van der Waals surface area contributed by atoms with Gasteiger partial charge in [-0.15, -0.1) is 5.10 Å². The molecule has 0 bridgehead atoms. The molecule has 1 aromatic heterocycles. The number of aliphatic carboxylic acids is 1. The predicted molar refractivity (Wildman–Crippen MR) is 72.8 cm³/mol. The fourth-order valence-electron chi connectivity index (χ4n) is 1.36. The molecule has 2 aromatic rings. The number of ketones is 1. The van der Waals surface area contributed by atoms with Crippen molar-refractivity contribution >= 4 is 29.4 Å². The van der Waals surface area contributed by atoms with Gasteiger partial charge in [-0.3, -0.25) is 4.79 Å². The van der Waals surface area contributed by atoms with Gasteiger partial charge >= 0.3 is 5.97 Å². The molecule has 20 heavy (non-hydrogen) atoms. The van der Waals surface area contributed by atoms with Crippen LogP contribution in [0.5, 0.6) is 5.75 Å². The summed E-state index contributed by atoms with van der Waals surface area (Å²) < 4.78 is 8.66. The van der Waals surface area contributed by atoms with Gasteiger partial charge in [-0.25, -0.2) is 4.79 Å². The second kappa shape index (κ2) is 6.58. The second-order valence-electron chi connectivity index (χ2n) is 3.73. The highest BCUT2D eigenvalue weighted by Crippen LogP contribution is 2.13. The first-order chi connectivity index (χ1) is 9.65. The summed E-state index contributed by atoms with van der Waals surface area (Å²) in [5.74, 6) is -0.829. The molecule has 1 N–H and O–H groups in total. The Morgan fingerprint density at radius 1 is 1.30 bits per heavy atom. The van der Waals surface area contributed by atoms with Crippen LogP contribution in [0.25, 0.3) is 6.08 Å². The third-order valence-corrected chi connectivity index (χ3v) is 2.81. The molecule has 2 rings (SSSR count). The van der Waals surface area contributed by atoms with Crippen LogP contribution in [0.1, 0.15) is 16.1 Å². The number of aromatic nitrogens is 2. The van der Waals surface area contributed by atoms with Crippen molar-refractivity contribution in [3.05, 3.63) is 47.0 Å². The van der Waals surface area contributed by atoms with Crippen molar-refractivity contribution in [2.24, 2.45) is 0 Å². The van der Waals surface area contributed by atoms with Crippen molar-refractivity contribution < 1.29 is 19.4 Å². The summed E-state index contributed by atoms with van der Waals surface area (Å²) in [5, 5.41) is 14.0. The lowest BCUT2D eigenvalue weighted by Crippen LogP contribution is -2.09. The minimum Gasteiger partial charge on any atom is -0.482 e. The fraction of sp³-hybridized carbons (Fsp3) is 0.0769. The SMILES string of the molecule is O=C(O)COc1ccc(C(=O)C=Cc2csnn2)cc1. The summed E-state index contributed by atoms with van der Waals surface area (Å²) >= 11 is 1.21. The van der Waals surface area contributed by atoms with Gasteiger partial charge in [-0.05, 0) is 47.9 Å². The van der Waals surface area contributed by atoms with Crippen LogP contribution in [0.15, 0.2) is 35.7 Å². The van der Waals surface area contributed by atoms with Gasteiger partial charge in [0.25, 0.3) is 0 Å². The molecular weight excluding hydrogens is 280 g/mol. The van der Waals surface area contributed by atoms with Crippen LogP contribution in [0, 0.1) is 0 Å². The Bertz CT molecular complexity index is 620. The van der Waals surface area contributed by atoms with Crippen LogP contribution in [0.3, 0.4) is 0 Å². The molecule has 0 saturated heterocycles. The van der Waals surface area contributed by atoms with Crippen molar-refractivity contribution in [3.63, 3.8) is 0 Å². The quantitative estimate of drug-likeness (QED) is 0.645. The summed E-state index contributed by atoms with van der Waals surface area (Å²) in [6, 6.07) is 6.25. The fourth-order valence-corrected chi connectivity index (χ4v) is 1.78. The number of rotatable bonds is 6. The van der Waals surface area contributed by atoms with Crippen molar-refractivity contribution in [3.8, 4) is 5.75 Å². The van der Waals surface area contributed by atoms with Gasteiger partial charge in [0, 0.05) is 10.9 Å². The molecule has 0 spiro atoms. The molecule has 0 radical (unpaired) electrons. The van der Waals surface area contributed by atoms with Crippen molar-refractivity contribution in [2.75, 3.05) is 6.61 Å². The highest BCUT2D eigenvalue weighted by Gasteiger charge is 2.04. The maximum Gasteiger partial charge on any atom is 0.341 e. The molecule has 1 aromatic carbocycles. The molecule has 0 saturated carbocycles. The summed E-state index contributed by atoms with van der Waals surface area (Å²) in [4.78, 5) is 22.2. The zero-order valence-electron chi connectivity index (χ0n) is 10.2. The number of benzene rings is 1. The van der Waals surface area contributed by atoms with Crippen LogP contribution in [0.2, 0.25) is 0 Å². The number of ether oxygens (including phenoxy) is 1. The van der Waals surface area contributed by atoms with Gasteiger partial charge in [-0.2, -0.15) is 0 Å². The highest BCUT2D eigenvalue weighted by molar-refractivity contribution is 7.03. The van der Waals surface area contributed by atoms with Crippen molar-refractivity contribution in [1.29, 1.82) is 0 Å². The Kier molecular flexibility index (Phi) is 4.56. The average Bonchev–Trinajstić information content (AvgIpc) is 2.96. The Balaban J connectivity index is 1.98. The van der Waals surface area contributed by atoms with Gasteiger partial charge < -0.3 is 9.84 Å². The molecule has 0 amide bonds. The number of hydrogen-bond donors (Lipinski definition) is 1. The molecule has 0 aliphatic heterocycles. The Labute approximate surface area is 118 Å². The summed E-state index contributed by atoms with van der Waals surface area (Å²) in [6.07, 6.45) is 2.99. The van der Waals surface area contributed by atoms with E-state index >= 15 is 0 Å². The zero-order chi connectivity index (χ0) is 14.4. The monoisotopic (exact) mass is 290 g/mol. The second-order valence-corrected chi connectivity index (χ2v) is 4.34. The van der Waals surface area contributed by atoms with Gasteiger partial charge in [0.2, 0.25) is 0 Å². The standard InChI is InChI=1S/C13H10N2O4S/c16-12(6-3-10-8-20-15-14-10)9-1-4-11(5-2-9)19-7-13(17)18/h1-6,8H,7H2,(H,17,18). The minimum absolute atomic E-state index is 0.178. The van der Waals surface area contributed by atoms with Crippen LogP contribution >= 0.6 is 11.5 Å². The van der Waals surface area contributed by atoms with E-state index in [0.717, 1.165) is 0 Å². The number of hydrogen-bond acceptors (Lipinski definition) is 6. The lowest BCUT2D eigenvalue weighted by Gasteiger charge is -2.03. The van der Waals surface area contributed by atoms with E-state index in [2.05, 4.69) is 9.59 Å².